The minimum atomic E-state index is -5.80. The van der Waals surface area contributed by atoms with Crippen molar-refractivity contribution < 1.29 is 51.4 Å². The van der Waals surface area contributed by atoms with Crippen LogP contribution in [0.3, 0.4) is 0 Å². The zero-order chi connectivity index (χ0) is 38.4. The molecule has 0 heterocycles. The molecule has 0 radical (unpaired) electrons. The number of carbonyl (C=O) groups is 3. The molecule has 52 heavy (non-hydrogen) atoms. The number of carboxylic acids is 1. The molecular formula is C33H20Cl7F2O9P. The van der Waals surface area contributed by atoms with E-state index in [2.05, 4.69) is 0 Å². The highest BCUT2D eigenvalue weighted by atomic mass is 35.6. The highest BCUT2D eigenvalue weighted by Crippen LogP contribution is 2.67. The van der Waals surface area contributed by atoms with Crippen molar-refractivity contribution in [3.8, 4) is 0 Å². The number of hydrogen-bond acceptors (Lipinski definition) is 8. The lowest BCUT2D eigenvalue weighted by Gasteiger charge is -2.27. The van der Waals surface area contributed by atoms with Crippen molar-refractivity contribution in [2.75, 3.05) is 13.6 Å². The van der Waals surface area contributed by atoms with Gasteiger partial charge in [-0.15, -0.1) is 0 Å². The van der Waals surface area contributed by atoms with Crippen LogP contribution in [0.4, 0.5) is 8.78 Å². The van der Waals surface area contributed by atoms with Crippen LogP contribution in [-0.4, -0.2) is 40.4 Å². The third-order valence-electron chi connectivity index (χ3n) is 6.85. The Labute approximate surface area is 329 Å². The number of alkyl halides is 5. The third-order valence-corrected chi connectivity index (χ3v) is 10.7. The van der Waals surface area contributed by atoms with Crippen LogP contribution in [-0.2, 0) is 33.5 Å². The van der Waals surface area contributed by atoms with E-state index in [1.807, 2.05) is 0 Å². The van der Waals surface area contributed by atoms with E-state index in [0.29, 0.717) is 0 Å². The summed E-state index contributed by atoms with van der Waals surface area (Å²) in [6.07, 6.45) is 0. The molecule has 4 rings (SSSR count). The van der Waals surface area contributed by atoms with Crippen LogP contribution < -0.4 is 0 Å². The summed E-state index contributed by atoms with van der Waals surface area (Å²) in [7, 11) is -5.80. The molecule has 0 aliphatic rings. The zero-order valence-electron chi connectivity index (χ0n) is 25.6. The first-order valence-electron chi connectivity index (χ1n) is 14.1. The smallest absolute Gasteiger partial charge is 0.410 e. The van der Waals surface area contributed by atoms with E-state index >= 15 is 8.78 Å². The van der Waals surface area contributed by atoms with Gasteiger partial charge in [-0.05, 0) is 35.9 Å². The predicted octanol–water partition coefficient (Wildman–Crippen LogP) is 11.6. The molecule has 0 saturated heterocycles. The molecule has 0 amide bonds. The minimum absolute atomic E-state index is 0.0255. The fraction of sp³-hybridized carbons (Fsp3) is 0.121. The Morgan fingerprint density at radius 2 is 1.10 bits per heavy atom. The number of esters is 2. The van der Waals surface area contributed by atoms with E-state index in [0.717, 1.165) is 24.3 Å². The van der Waals surface area contributed by atoms with Crippen molar-refractivity contribution in [3.63, 3.8) is 0 Å². The summed E-state index contributed by atoms with van der Waals surface area (Å²) in [5.41, 5.74) is -7.35. The molecule has 0 aliphatic heterocycles. The molecule has 0 unspecified atom stereocenters. The summed E-state index contributed by atoms with van der Waals surface area (Å²) in [5, 5.41) is 9.85. The summed E-state index contributed by atoms with van der Waals surface area (Å²) >= 11 is 42.9. The number of rotatable bonds is 13. The number of benzene rings is 4. The van der Waals surface area contributed by atoms with Gasteiger partial charge in [-0.25, -0.2) is 14.4 Å². The van der Waals surface area contributed by atoms with Crippen LogP contribution in [0.15, 0.2) is 91.0 Å². The molecule has 1 N–H and O–H groups in total. The van der Waals surface area contributed by atoms with E-state index in [4.69, 9.17) is 99.7 Å². The maximum Gasteiger partial charge on any atom is 0.410 e. The molecule has 4 aromatic carbocycles. The first-order valence-corrected chi connectivity index (χ1v) is 18.3. The fourth-order valence-corrected chi connectivity index (χ4v) is 7.08. The first-order chi connectivity index (χ1) is 24.4. The van der Waals surface area contributed by atoms with E-state index in [1.54, 1.807) is 0 Å². The Hall–Kier alpha value is -2.93. The van der Waals surface area contributed by atoms with Gasteiger partial charge in [0.15, 0.2) is 0 Å². The number of halogens is 9. The van der Waals surface area contributed by atoms with Gasteiger partial charge in [0.1, 0.15) is 0 Å². The first kappa shape index (κ1) is 41.8. The molecule has 0 fully saturated rings. The summed E-state index contributed by atoms with van der Waals surface area (Å²) in [6.45, 7) is -2.67. The van der Waals surface area contributed by atoms with Crippen LogP contribution >= 0.6 is 88.8 Å². The van der Waals surface area contributed by atoms with Crippen LogP contribution in [0.5, 0.6) is 0 Å². The maximum atomic E-state index is 16.2. The number of hydrogen-bond donors (Lipinski definition) is 1. The van der Waals surface area contributed by atoms with E-state index in [1.165, 1.54) is 66.7 Å². The Balaban J connectivity index is 1.70. The molecule has 4 aromatic rings. The standard InChI is InChI=1S/C33H20Cl7F2O9P/c34-23-9-3-1-6-20(23)30(45)48-16-50-52(47,51-17-49-31(46)21-7-2-4-10-24(21)35)33(41,42)19-14-12-18(13-15-19)27(32(38,39)40)26(29(43)44)22-8-5-11-25(36)28(22)37/h1-15H,16-17H2,(H,43,44). The second kappa shape index (κ2) is 17.5. The van der Waals surface area contributed by atoms with Crippen LogP contribution in [0, 0.1) is 0 Å². The van der Waals surface area contributed by atoms with Crippen molar-refractivity contribution in [2.24, 2.45) is 0 Å². The van der Waals surface area contributed by atoms with Crippen LogP contribution in [0.25, 0.3) is 11.1 Å². The Bertz CT molecular complexity index is 2010. The van der Waals surface area contributed by atoms with Gasteiger partial charge in [0.2, 0.25) is 17.4 Å². The SMILES string of the molecule is O=C(O)C(=C(c1ccc(C(F)(F)P(=O)(OCOC(=O)c2ccccc2Cl)OCOC(=O)c2ccccc2Cl)cc1)C(Cl)(Cl)Cl)c1cccc(Cl)c1Cl. The minimum Gasteiger partial charge on any atom is -0.478 e. The highest BCUT2D eigenvalue weighted by Gasteiger charge is 2.56. The summed E-state index contributed by atoms with van der Waals surface area (Å²) < 4.78 is 63.2. The average Bonchev–Trinajstić information content (AvgIpc) is 3.08. The number of ether oxygens (including phenoxy) is 2. The molecule has 0 aromatic heterocycles. The van der Waals surface area contributed by atoms with Crippen molar-refractivity contribution >= 4 is 118 Å². The molecule has 9 nitrogen and oxygen atoms in total. The van der Waals surface area contributed by atoms with Gasteiger partial charge in [-0.3, -0.25) is 13.6 Å². The topological polar surface area (TPSA) is 125 Å². The van der Waals surface area contributed by atoms with E-state index < -0.39 is 65.3 Å². The molecule has 0 spiro atoms. The third kappa shape index (κ3) is 9.59. The van der Waals surface area contributed by atoms with Gasteiger partial charge in [-0.2, -0.15) is 8.78 Å². The molecule has 0 saturated carbocycles. The molecule has 274 valence electrons. The summed E-state index contributed by atoms with van der Waals surface area (Å²) in [6, 6.07) is 18.6. The van der Waals surface area contributed by atoms with E-state index in [-0.39, 0.29) is 42.3 Å². The molecule has 19 heteroatoms. The largest absolute Gasteiger partial charge is 0.478 e. The molecule has 0 atom stereocenters. The normalized spacial score (nSPS) is 12.6. The Morgan fingerprint density at radius 3 is 1.54 bits per heavy atom. The van der Waals surface area contributed by atoms with Gasteiger partial charge in [-0.1, -0.05) is 142 Å². The fourth-order valence-electron chi connectivity index (χ4n) is 4.41. The average molecular weight is 878 g/mol. The summed E-state index contributed by atoms with van der Waals surface area (Å²) in [5.74, 6) is -3.84. The summed E-state index contributed by atoms with van der Waals surface area (Å²) in [4.78, 5) is 37.5. The zero-order valence-corrected chi connectivity index (χ0v) is 31.8. The number of carbonyl (C=O) groups excluding carboxylic acids is 2. The van der Waals surface area contributed by atoms with Crippen molar-refractivity contribution in [3.05, 3.63) is 139 Å². The monoisotopic (exact) mass is 874 g/mol. The molecular weight excluding hydrogens is 857 g/mol. The lowest BCUT2D eigenvalue weighted by atomic mass is 9.94. The van der Waals surface area contributed by atoms with Gasteiger partial charge in [0, 0.05) is 16.7 Å². The van der Waals surface area contributed by atoms with Gasteiger partial charge >= 0.3 is 31.2 Å². The predicted molar refractivity (Wildman–Crippen MR) is 195 cm³/mol. The second-order valence-electron chi connectivity index (χ2n) is 10.1. The van der Waals surface area contributed by atoms with Gasteiger partial charge in [0.25, 0.3) is 0 Å². The van der Waals surface area contributed by atoms with Crippen molar-refractivity contribution in [1.82, 2.24) is 0 Å². The van der Waals surface area contributed by atoms with Gasteiger partial charge < -0.3 is 14.6 Å². The number of aliphatic carboxylic acids is 1. The Morgan fingerprint density at radius 1 is 0.654 bits per heavy atom. The number of allylic oxidation sites excluding steroid dienone is 1. The van der Waals surface area contributed by atoms with Crippen molar-refractivity contribution in [1.29, 1.82) is 0 Å². The lowest BCUT2D eigenvalue weighted by Crippen LogP contribution is -2.21. The maximum absolute atomic E-state index is 16.2. The van der Waals surface area contributed by atoms with Crippen LogP contribution in [0.2, 0.25) is 20.1 Å². The molecule has 0 bridgehead atoms. The van der Waals surface area contributed by atoms with Gasteiger partial charge in [0.05, 0.1) is 36.8 Å². The quantitative estimate of drug-likeness (QED) is 0.0349. The molecule has 0 aliphatic carbocycles. The Kier molecular flexibility index (Phi) is 14.1. The van der Waals surface area contributed by atoms with E-state index in [9.17, 15) is 24.1 Å². The number of carboxylic acid groups (broad SMARTS) is 1. The second-order valence-corrected chi connectivity index (χ2v) is 16.0. The lowest BCUT2D eigenvalue weighted by molar-refractivity contribution is -0.130. The van der Waals surface area contributed by atoms with Crippen molar-refractivity contribution in [2.45, 2.75) is 9.46 Å². The van der Waals surface area contributed by atoms with Crippen LogP contribution in [0.1, 0.15) is 37.4 Å². The highest BCUT2D eigenvalue weighted by molar-refractivity contribution is 7.54.